The van der Waals surface area contributed by atoms with Crippen molar-refractivity contribution >= 4 is 0 Å². The molecule has 1 N–H and O–H groups in total. The van der Waals surface area contributed by atoms with Crippen LogP contribution in [0.25, 0.3) is 0 Å². The van der Waals surface area contributed by atoms with Crippen molar-refractivity contribution in [1.29, 1.82) is 0 Å². The first kappa shape index (κ1) is 17.9. The van der Waals surface area contributed by atoms with Gasteiger partial charge in [0.25, 0.3) is 0 Å². The molecule has 20 heavy (non-hydrogen) atoms. The van der Waals surface area contributed by atoms with Crippen LogP contribution in [0.1, 0.15) is 59.3 Å². The normalized spacial score (nSPS) is 18.6. The van der Waals surface area contributed by atoms with E-state index in [0.717, 1.165) is 38.9 Å². The molecule has 1 rings (SSSR count). The monoisotopic (exact) mass is 285 g/mol. The summed E-state index contributed by atoms with van der Waals surface area (Å²) in [5, 5.41) is 3.68. The molecule has 0 spiro atoms. The topological polar surface area (TPSA) is 30.5 Å². The fourth-order valence-corrected chi connectivity index (χ4v) is 2.88. The molecular weight excluding hydrogens is 250 g/mol. The summed E-state index contributed by atoms with van der Waals surface area (Å²) in [6.07, 6.45) is 8.14. The van der Waals surface area contributed by atoms with E-state index in [1.54, 1.807) is 0 Å². The zero-order valence-electron chi connectivity index (χ0n) is 13.8. The number of rotatable bonds is 11. The average Bonchev–Trinajstić information content (AvgIpc) is 2.46. The molecule has 0 bridgehead atoms. The molecule has 1 saturated carbocycles. The van der Waals surface area contributed by atoms with Crippen LogP contribution in [0.3, 0.4) is 0 Å². The van der Waals surface area contributed by atoms with Gasteiger partial charge in [-0.3, -0.25) is 0 Å². The largest absolute Gasteiger partial charge is 0.379 e. The maximum Gasteiger partial charge on any atom is 0.0701 e. The average molecular weight is 285 g/mol. The summed E-state index contributed by atoms with van der Waals surface area (Å²) in [6.45, 7) is 10.8. The number of hydrogen-bond donors (Lipinski definition) is 1. The van der Waals surface area contributed by atoms with Crippen molar-refractivity contribution in [2.24, 2.45) is 11.8 Å². The highest BCUT2D eigenvalue weighted by Gasteiger charge is 2.23. The van der Waals surface area contributed by atoms with Gasteiger partial charge in [-0.05, 0) is 37.6 Å². The summed E-state index contributed by atoms with van der Waals surface area (Å²) in [5.41, 5.74) is 0. The van der Waals surface area contributed by atoms with E-state index < -0.39 is 0 Å². The van der Waals surface area contributed by atoms with E-state index in [1.165, 1.54) is 38.5 Å². The van der Waals surface area contributed by atoms with E-state index in [-0.39, 0.29) is 0 Å². The second kappa shape index (κ2) is 11.5. The second-order valence-corrected chi connectivity index (χ2v) is 6.50. The summed E-state index contributed by atoms with van der Waals surface area (Å²) in [6, 6.07) is 0.542. The summed E-state index contributed by atoms with van der Waals surface area (Å²) in [7, 11) is 0. The van der Waals surface area contributed by atoms with Gasteiger partial charge >= 0.3 is 0 Å². The summed E-state index contributed by atoms with van der Waals surface area (Å²) in [5.74, 6) is 1.42. The quantitative estimate of drug-likeness (QED) is 0.588. The zero-order chi connectivity index (χ0) is 14.6. The molecule has 1 fully saturated rings. The highest BCUT2D eigenvalue weighted by atomic mass is 16.5. The molecule has 1 aliphatic rings. The van der Waals surface area contributed by atoms with Gasteiger partial charge in [0.05, 0.1) is 19.8 Å². The van der Waals surface area contributed by atoms with Gasteiger partial charge in [-0.2, -0.15) is 0 Å². The molecular formula is C17H35NO2. The van der Waals surface area contributed by atoms with Gasteiger partial charge < -0.3 is 14.8 Å². The Morgan fingerprint density at radius 2 is 1.65 bits per heavy atom. The molecule has 0 aromatic rings. The predicted octanol–water partition coefficient (Wildman–Crippen LogP) is 3.62. The fraction of sp³-hybridized carbons (Fsp3) is 1.00. The lowest BCUT2D eigenvalue weighted by Gasteiger charge is -2.31. The van der Waals surface area contributed by atoms with Gasteiger partial charge in [-0.15, -0.1) is 0 Å². The molecule has 0 saturated heterocycles. The van der Waals surface area contributed by atoms with Gasteiger partial charge in [0.2, 0.25) is 0 Å². The van der Waals surface area contributed by atoms with Gasteiger partial charge in [0.15, 0.2) is 0 Å². The second-order valence-electron chi connectivity index (χ2n) is 6.50. The van der Waals surface area contributed by atoms with Crippen LogP contribution in [0.15, 0.2) is 0 Å². The third kappa shape index (κ3) is 8.23. The van der Waals surface area contributed by atoms with Crippen molar-refractivity contribution in [2.45, 2.75) is 65.3 Å². The molecule has 1 atom stereocenters. The Labute approximate surface area is 125 Å². The Kier molecular flexibility index (Phi) is 10.3. The van der Waals surface area contributed by atoms with Crippen LogP contribution in [0, 0.1) is 11.8 Å². The lowest BCUT2D eigenvalue weighted by atomic mass is 9.84. The van der Waals surface area contributed by atoms with E-state index in [4.69, 9.17) is 9.47 Å². The minimum absolute atomic E-state index is 0.542. The highest BCUT2D eigenvalue weighted by Crippen LogP contribution is 2.26. The summed E-state index contributed by atoms with van der Waals surface area (Å²) >= 11 is 0. The van der Waals surface area contributed by atoms with Crippen LogP contribution in [0.4, 0.5) is 0 Å². The maximum atomic E-state index is 5.84. The predicted molar refractivity (Wildman–Crippen MR) is 85.1 cm³/mol. The van der Waals surface area contributed by atoms with Gasteiger partial charge in [0.1, 0.15) is 0 Å². The Balaban J connectivity index is 2.15. The van der Waals surface area contributed by atoms with Crippen LogP contribution in [-0.2, 0) is 9.47 Å². The third-order valence-electron chi connectivity index (χ3n) is 4.00. The zero-order valence-corrected chi connectivity index (χ0v) is 13.8. The molecule has 0 heterocycles. The van der Waals surface area contributed by atoms with Gasteiger partial charge in [-0.25, -0.2) is 0 Å². The SMILES string of the molecule is CCCNC(COCCOCC(C)C)C1CCCCC1. The van der Waals surface area contributed by atoms with Crippen LogP contribution in [0.5, 0.6) is 0 Å². The van der Waals surface area contributed by atoms with E-state index in [2.05, 4.69) is 26.1 Å². The molecule has 1 unspecified atom stereocenters. The van der Waals surface area contributed by atoms with E-state index in [9.17, 15) is 0 Å². The highest BCUT2D eigenvalue weighted by molar-refractivity contribution is 4.79. The first-order valence-electron chi connectivity index (χ1n) is 8.63. The van der Waals surface area contributed by atoms with E-state index in [0.29, 0.717) is 12.0 Å². The minimum Gasteiger partial charge on any atom is -0.379 e. The molecule has 0 amide bonds. The van der Waals surface area contributed by atoms with Crippen LogP contribution in [-0.4, -0.2) is 39.0 Å². The minimum atomic E-state index is 0.542. The van der Waals surface area contributed by atoms with Crippen molar-refractivity contribution < 1.29 is 9.47 Å². The summed E-state index contributed by atoms with van der Waals surface area (Å²) in [4.78, 5) is 0. The van der Waals surface area contributed by atoms with E-state index >= 15 is 0 Å². The van der Waals surface area contributed by atoms with Crippen LogP contribution in [0.2, 0.25) is 0 Å². The smallest absolute Gasteiger partial charge is 0.0701 e. The van der Waals surface area contributed by atoms with E-state index in [1.807, 2.05) is 0 Å². The fourth-order valence-electron chi connectivity index (χ4n) is 2.88. The first-order valence-corrected chi connectivity index (χ1v) is 8.63. The lowest BCUT2D eigenvalue weighted by molar-refractivity contribution is 0.0220. The van der Waals surface area contributed by atoms with Crippen molar-refractivity contribution in [3.63, 3.8) is 0 Å². The van der Waals surface area contributed by atoms with Crippen molar-refractivity contribution in [1.82, 2.24) is 5.32 Å². The Morgan fingerprint density at radius 1 is 1.00 bits per heavy atom. The van der Waals surface area contributed by atoms with Crippen LogP contribution >= 0.6 is 0 Å². The molecule has 0 aromatic carbocycles. The Morgan fingerprint density at radius 3 is 2.25 bits per heavy atom. The number of ether oxygens (including phenoxy) is 2. The standard InChI is InChI=1S/C17H35NO2/c1-4-10-18-17(16-8-6-5-7-9-16)14-20-12-11-19-13-15(2)3/h15-18H,4-14H2,1-3H3. The van der Waals surface area contributed by atoms with Crippen molar-refractivity contribution in [3.05, 3.63) is 0 Å². The Bertz CT molecular complexity index is 215. The van der Waals surface area contributed by atoms with Crippen molar-refractivity contribution in [3.8, 4) is 0 Å². The number of hydrogen-bond acceptors (Lipinski definition) is 3. The summed E-state index contributed by atoms with van der Waals surface area (Å²) < 4.78 is 11.4. The molecule has 1 aliphatic carbocycles. The van der Waals surface area contributed by atoms with Gasteiger partial charge in [0, 0.05) is 12.6 Å². The molecule has 120 valence electrons. The molecule has 3 nitrogen and oxygen atoms in total. The molecule has 0 radical (unpaired) electrons. The first-order chi connectivity index (χ1) is 9.74. The lowest BCUT2D eigenvalue weighted by Crippen LogP contribution is -2.41. The van der Waals surface area contributed by atoms with Crippen LogP contribution < -0.4 is 5.32 Å². The molecule has 3 heteroatoms. The Hall–Kier alpha value is -0.120. The molecule has 0 aromatic heterocycles. The van der Waals surface area contributed by atoms with Gasteiger partial charge in [-0.1, -0.05) is 40.0 Å². The number of nitrogens with one attached hydrogen (secondary N) is 1. The van der Waals surface area contributed by atoms with Crippen molar-refractivity contribution in [2.75, 3.05) is 33.0 Å². The molecule has 0 aliphatic heterocycles. The third-order valence-corrected chi connectivity index (χ3v) is 4.00. The maximum absolute atomic E-state index is 5.84.